The smallest absolute Gasteiger partial charge is 0.0749 e. The van der Waals surface area contributed by atoms with Gasteiger partial charge in [-0.15, -0.1) is 0 Å². The number of nitrogens with zero attached hydrogens (tertiary/aromatic N) is 1. The first-order valence-electron chi connectivity index (χ1n) is 6.95. The van der Waals surface area contributed by atoms with Crippen molar-refractivity contribution >= 4 is 17.3 Å². The molecular weight excluding hydrogens is 260 g/mol. The average Bonchev–Trinajstić information content (AvgIpc) is 2.39. The van der Waals surface area contributed by atoms with Gasteiger partial charge in [0.1, 0.15) is 0 Å². The lowest BCUT2D eigenvalue weighted by Crippen LogP contribution is -2.33. The van der Waals surface area contributed by atoms with Crippen molar-refractivity contribution < 1.29 is 4.74 Å². The highest BCUT2D eigenvalue weighted by molar-refractivity contribution is 6.31. The van der Waals surface area contributed by atoms with E-state index in [2.05, 4.69) is 18.0 Å². The van der Waals surface area contributed by atoms with Gasteiger partial charge >= 0.3 is 0 Å². The number of nitrogens with two attached hydrogens (primary N) is 1. The van der Waals surface area contributed by atoms with Crippen LogP contribution in [0.5, 0.6) is 0 Å². The topological polar surface area (TPSA) is 38.5 Å². The van der Waals surface area contributed by atoms with Crippen molar-refractivity contribution in [2.24, 2.45) is 5.73 Å². The second kappa shape index (κ2) is 6.60. The first-order valence-corrected chi connectivity index (χ1v) is 7.33. The molecule has 0 spiro atoms. The summed E-state index contributed by atoms with van der Waals surface area (Å²) in [7, 11) is 2.08. The predicted molar refractivity (Wildman–Crippen MR) is 80.9 cm³/mol. The van der Waals surface area contributed by atoms with Gasteiger partial charge in [0.2, 0.25) is 0 Å². The molecule has 1 fully saturated rings. The van der Waals surface area contributed by atoms with E-state index in [-0.39, 0.29) is 6.04 Å². The summed E-state index contributed by atoms with van der Waals surface area (Å²) >= 11 is 6.27. The van der Waals surface area contributed by atoms with E-state index in [0.717, 1.165) is 35.8 Å². The van der Waals surface area contributed by atoms with Crippen molar-refractivity contribution in [3.63, 3.8) is 0 Å². The lowest BCUT2D eigenvalue weighted by atomic mass is 10.1. The summed E-state index contributed by atoms with van der Waals surface area (Å²) < 4.78 is 5.77. The van der Waals surface area contributed by atoms with E-state index in [1.807, 2.05) is 19.1 Å². The van der Waals surface area contributed by atoms with E-state index in [1.54, 1.807) is 0 Å². The van der Waals surface area contributed by atoms with Crippen LogP contribution in [-0.4, -0.2) is 26.3 Å². The van der Waals surface area contributed by atoms with Crippen LogP contribution in [0.4, 0.5) is 5.69 Å². The molecule has 2 N–H and O–H groups in total. The van der Waals surface area contributed by atoms with Gasteiger partial charge in [0.05, 0.1) is 6.10 Å². The third-order valence-electron chi connectivity index (χ3n) is 3.67. The number of likely N-dealkylation sites (N-methyl/N-ethyl adjacent to an activating group) is 1. The predicted octanol–water partition coefficient (Wildman–Crippen LogP) is 3.37. The SMILES string of the molecule is CC(N)c1ccc(N(C)CC2CCCCO2)cc1Cl. The zero-order chi connectivity index (χ0) is 13.8. The Balaban J connectivity index is 2.02. The maximum absolute atomic E-state index is 6.27. The van der Waals surface area contributed by atoms with Gasteiger partial charge in [0.15, 0.2) is 0 Å². The molecule has 1 aliphatic rings. The molecule has 2 rings (SSSR count). The van der Waals surface area contributed by atoms with Crippen molar-refractivity contribution in [2.75, 3.05) is 25.1 Å². The number of benzene rings is 1. The van der Waals surface area contributed by atoms with Crippen LogP contribution in [0.3, 0.4) is 0 Å². The van der Waals surface area contributed by atoms with E-state index in [4.69, 9.17) is 22.1 Å². The summed E-state index contributed by atoms with van der Waals surface area (Å²) in [4.78, 5) is 2.20. The van der Waals surface area contributed by atoms with Crippen LogP contribution < -0.4 is 10.6 Å². The second-order valence-electron chi connectivity index (χ2n) is 5.36. The standard InChI is InChI=1S/C15H23ClN2O/c1-11(17)14-7-6-12(9-15(14)16)18(2)10-13-5-3-4-8-19-13/h6-7,9,11,13H,3-5,8,10,17H2,1-2H3. The van der Waals surface area contributed by atoms with Crippen LogP contribution >= 0.6 is 11.6 Å². The largest absolute Gasteiger partial charge is 0.376 e. The Morgan fingerprint density at radius 3 is 2.84 bits per heavy atom. The molecule has 0 bridgehead atoms. The Labute approximate surface area is 120 Å². The zero-order valence-electron chi connectivity index (χ0n) is 11.7. The molecule has 0 aliphatic carbocycles. The number of rotatable bonds is 4. The van der Waals surface area contributed by atoms with E-state index in [0.29, 0.717) is 6.10 Å². The number of anilines is 1. The van der Waals surface area contributed by atoms with Gasteiger partial charge in [-0.3, -0.25) is 0 Å². The fraction of sp³-hybridized carbons (Fsp3) is 0.600. The van der Waals surface area contributed by atoms with Crippen molar-refractivity contribution in [3.05, 3.63) is 28.8 Å². The van der Waals surface area contributed by atoms with E-state index in [1.165, 1.54) is 12.8 Å². The molecule has 1 heterocycles. The zero-order valence-corrected chi connectivity index (χ0v) is 12.5. The van der Waals surface area contributed by atoms with Gasteiger partial charge < -0.3 is 15.4 Å². The third-order valence-corrected chi connectivity index (χ3v) is 3.99. The Hall–Kier alpha value is -0.770. The highest BCUT2D eigenvalue weighted by atomic mass is 35.5. The lowest BCUT2D eigenvalue weighted by molar-refractivity contribution is 0.0216. The summed E-state index contributed by atoms with van der Waals surface area (Å²) in [6.07, 6.45) is 3.94. The van der Waals surface area contributed by atoms with E-state index >= 15 is 0 Å². The molecule has 1 aromatic carbocycles. The minimum Gasteiger partial charge on any atom is -0.376 e. The normalized spacial score (nSPS) is 21.2. The van der Waals surface area contributed by atoms with Crippen LogP contribution in [0.25, 0.3) is 0 Å². The Bertz CT molecular complexity index is 417. The first kappa shape index (κ1) is 14.6. The number of hydrogen-bond donors (Lipinski definition) is 1. The molecular formula is C15H23ClN2O. The van der Waals surface area contributed by atoms with Gasteiger partial charge in [-0.25, -0.2) is 0 Å². The molecule has 0 amide bonds. The van der Waals surface area contributed by atoms with Crippen LogP contribution in [0.1, 0.15) is 37.8 Å². The van der Waals surface area contributed by atoms with Crippen molar-refractivity contribution in [2.45, 2.75) is 38.3 Å². The fourth-order valence-corrected chi connectivity index (χ4v) is 2.83. The average molecular weight is 283 g/mol. The van der Waals surface area contributed by atoms with Gasteiger partial charge in [-0.1, -0.05) is 17.7 Å². The van der Waals surface area contributed by atoms with E-state index < -0.39 is 0 Å². The molecule has 0 aromatic heterocycles. The second-order valence-corrected chi connectivity index (χ2v) is 5.77. The summed E-state index contributed by atoms with van der Waals surface area (Å²) in [5, 5.41) is 0.740. The maximum atomic E-state index is 6.27. The van der Waals surface area contributed by atoms with E-state index in [9.17, 15) is 0 Å². The molecule has 0 saturated carbocycles. The van der Waals surface area contributed by atoms with Crippen molar-refractivity contribution in [1.29, 1.82) is 0 Å². The third kappa shape index (κ3) is 3.85. The summed E-state index contributed by atoms with van der Waals surface area (Å²) in [5.41, 5.74) is 7.98. The molecule has 3 nitrogen and oxygen atoms in total. The molecule has 106 valence electrons. The maximum Gasteiger partial charge on any atom is 0.0749 e. The Kier molecular flexibility index (Phi) is 5.08. The monoisotopic (exact) mass is 282 g/mol. The van der Waals surface area contributed by atoms with Gasteiger partial charge in [-0.2, -0.15) is 0 Å². The van der Waals surface area contributed by atoms with Crippen molar-refractivity contribution in [1.82, 2.24) is 0 Å². The number of hydrogen-bond acceptors (Lipinski definition) is 3. The Morgan fingerprint density at radius 2 is 2.26 bits per heavy atom. The summed E-state index contributed by atoms with van der Waals surface area (Å²) in [5.74, 6) is 0. The lowest BCUT2D eigenvalue weighted by Gasteiger charge is -2.29. The molecule has 2 atom stereocenters. The molecule has 2 unspecified atom stereocenters. The summed E-state index contributed by atoms with van der Waals surface area (Å²) in [6, 6.07) is 6.05. The van der Waals surface area contributed by atoms with Crippen LogP contribution in [0, 0.1) is 0 Å². The van der Waals surface area contributed by atoms with Gasteiger partial charge in [0.25, 0.3) is 0 Å². The fourth-order valence-electron chi connectivity index (χ4n) is 2.49. The minimum absolute atomic E-state index is 0.0338. The summed E-state index contributed by atoms with van der Waals surface area (Å²) in [6.45, 7) is 3.75. The molecule has 1 aliphatic heterocycles. The minimum atomic E-state index is -0.0338. The molecule has 1 saturated heterocycles. The number of halogens is 1. The highest BCUT2D eigenvalue weighted by Crippen LogP contribution is 2.27. The van der Waals surface area contributed by atoms with Crippen LogP contribution in [-0.2, 0) is 4.74 Å². The molecule has 4 heteroatoms. The van der Waals surface area contributed by atoms with Crippen LogP contribution in [0.2, 0.25) is 5.02 Å². The van der Waals surface area contributed by atoms with Crippen molar-refractivity contribution in [3.8, 4) is 0 Å². The van der Waals surface area contributed by atoms with Gasteiger partial charge in [0, 0.05) is 37.0 Å². The number of ether oxygens (including phenoxy) is 1. The highest BCUT2D eigenvalue weighted by Gasteiger charge is 2.16. The van der Waals surface area contributed by atoms with Gasteiger partial charge in [-0.05, 0) is 43.9 Å². The molecule has 19 heavy (non-hydrogen) atoms. The quantitative estimate of drug-likeness (QED) is 0.920. The first-order chi connectivity index (χ1) is 9.08. The van der Waals surface area contributed by atoms with Crippen LogP contribution in [0.15, 0.2) is 18.2 Å². The molecule has 0 radical (unpaired) electrons. The Morgan fingerprint density at radius 1 is 1.47 bits per heavy atom. The molecule has 1 aromatic rings.